The number of aromatic nitrogens is 2. The molecule has 7 heteroatoms. The molecule has 0 amide bonds. The van der Waals surface area contributed by atoms with Gasteiger partial charge < -0.3 is 4.74 Å². The van der Waals surface area contributed by atoms with Gasteiger partial charge in [-0.2, -0.15) is 8.78 Å². The number of imidazole rings is 1. The van der Waals surface area contributed by atoms with Crippen LogP contribution in [0.2, 0.25) is 0 Å². The number of para-hydroxylation sites is 2. The van der Waals surface area contributed by atoms with Gasteiger partial charge in [0, 0.05) is 4.47 Å². The Labute approximate surface area is 145 Å². The number of carbonyl (C=O) groups is 1. The smallest absolute Gasteiger partial charge is 0.338 e. The molecule has 1 heterocycles. The molecule has 0 aliphatic rings. The van der Waals surface area contributed by atoms with Crippen LogP contribution >= 0.6 is 15.9 Å². The van der Waals surface area contributed by atoms with E-state index in [0.29, 0.717) is 16.6 Å². The predicted octanol–water partition coefficient (Wildman–Crippen LogP) is 5.11. The SMILES string of the molecule is CC(OC(=O)c1cccc(Br)c1)c1nc2ccccc2n1C(F)F. The highest BCUT2D eigenvalue weighted by Gasteiger charge is 2.24. The summed E-state index contributed by atoms with van der Waals surface area (Å²) in [6.07, 6.45) is -0.919. The first-order valence-electron chi connectivity index (χ1n) is 7.19. The fourth-order valence-corrected chi connectivity index (χ4v) is 2.85. The van der Waals surface area contributed by atoms with Gasteiger partial charge in [0.2, 0.25) is 0 Å². The molecule has 0 aliphatic carbocycles. The van der Waals surface area contributed by atoms with E-state index in [2.05, 4.69) is 20.9 Å². The summed E-state index contributed by atoms with van der Waals surface area (Å²) in [5.74, 6) is -0.591. The molecule has 1 atom stereocenters. The Morgan fingerprint density at radius 2 is 1.96 bits per heavy atom. The molecule has 0 aliphatic heterocycles. The summed E-state index contributed by atoms with van der Waals surface area (Å²) in [7, 11) is 0. The van der Waals surface area contributed by atoms with E-state index in [9.17, 15) is 13.6 Å². The standard InChI is InChI=1S/C17H13BrF2N2O2/c1-10(24-16(23)11-5-4-6-12(18)9-11)15-21-13-7-2-3-8-14(13)22(15)17(19)20/h2-10,17H,1H3. The highest BCUT2D eigenvalue weighted by molar-refractivity contribution is 9.10. The van der Waals surface area contributed by atoms with Crippen molar-refractivity contribution >= 4 is 32.9 Å². The molecular weight excluding hydrogens is 382 g/mol. The van der Waals surface area contributed by atoms with Crippen LogP contribution in [0.5, 0.6) is 0 Å². The Bertz CT molecular complexity index is 895. The Morgan fingerprint density at radius 3 is 2.67 bits per heavy atom. The maximum Gasteiger partial charge on any atom is 0.338 e. The van der Waals surface area contributed by atoms with Gasteiger partial charge in [-0.3, -0.25) is 4.57 Å². The van der Waals surface area contributed by atoms with E-state index in [4.69, 9.17) is 4.74 Å². The summed E-state index contributed by atoms with van der Waals surface area (Å²) in [5.41, 5.74) is 1.06. The molecule has 0 fully saturated rings. The number of rotatable bonds is 4. The topological polar surface area (TPSA) is 44.1 Å². The van der Waals surface area contributed by atoms with Crippen LogP contribution in [0, 0.1) is 0 Å². The molecule has 0 spiro atoms. The Kier molecular flexibility index (Phi) is 4.62. The second kappa shape index (κ2) is 6.68. The van der Waals surface area contributed by atoms with Crippen LogP contribution < -0.4 is 0 Å². The summed E-state index contributed by atoms with van der Waals surface area (Å²) in [6.45, 7) is -1.25. The number of ether oxygens (including phenoxy) is 1. The number of carbonyl (C=O) groups excluding carboxylic acids is 1. The zero-order chi connectivity index (χ0) is 17.3. The van der Waals surface area contributed by atoms with E-state index in [1.807, 2.05) is 0 Å². The minimum atomic E-state index is -2.78. The molecule has 1 aromatic heterocycles. The Hall–Kier alpha value is -2.28. The Balaban J connectivity index is 1.92. The van der Waals surface area contributed by atoms with E-state index in [1.165, 1.54) is 6.92 Å². The van der Waals surface area contributed by atoms with E-state index in [1.54, 1.807) is 48.5 Å². The van der Waals surface area contributed by atoms with Crippen LogP contribution in [0.1, 0.15) is 35.8 Å². The summed E-state index contributed by atoms with van der Waals surface area (Å²) in [5, 5.41) is 0. The largest absolute Gasteiger partial charge is 0.451 e. The van der Waals surface area contributed by atoms with Crippen molar-refractivity contribution < 1.29 is 18.3 Å². The molecule has 3 aromatic rings. The molecule has 0 saturated carbocycles. The van der Waals surface area contributed by atoms with Crippen molar-refractivity contribution in [3.8, 4) is 0 Å². The average molecular weight is 395 g/mol. The number of hydrogen-bond donors (Lipinski definition) is 0. The molecule has 0 bridgehead atoms. The number of esters is 1. The number of nitrogens with zero attached hydrogens (tertiary/aromatic N) is 2. The third-order valence-corrected chi connectivity index (χ3v) is 4.02. The third kappa shape index (κ3) is 3.17. The highest BCUT2D eigenvalue weighted by Crippen LogP contribution is 2.28. The second-order valence-electron chi connectivity index (χ2n) is 5.16. The quantitative estimate of drug-likeness (QED) is 0.577. The van der Waals surface area contributed by atoms with Crippen molar-refractivity contribution in [2.75, 3.05) is 0 Å². The van der Waals surface area contributed by atoms with Crippen molar-refractivity contribution in [3.63, 3.8) is 0 Å². The number of halogens is 3. The maximum atomic E-state index is 13.4. The van der Waals surface area contributed by atoms with Gasteiger partial charge in [-0.25, -0.2) is 9.78 Å². The minimum absolute atomic E-state index is 0.00884. The third-order valence-electron chi connectivity index (χ3n) is 3.53. The van der Waals surface area contributed by atoms with Gasteiger partial charge in [0.15, 0.2) is 11.9 Å². The van der Waals surface area contributed by atoms with E-state index < -0.39 is 18.6 Å². The van der Waals surface area contributed by atoms with Crippen molar-refractivity contribution in [1.29, 1.82) is 0 Å². The zero-order valence-corrected chi connectivity index (χ0v) is 14.2. The molecule has 0 N–H and O–H groups in total. The molecule has 3 rings (SSSR count). The molecule has 0 saturated heterocycles. The van der Waals surface area contributed by atoms with E-state index >= 15 is 0 Å². The number of fused-ring (bicyclic) bond motifs is 1. The van der Waals surface area contributed by atoms with Crippen LogP contribution in [0.3, 0.4) is 0 Å². The summed E-state index contributed by atoms with van der Waals surface area (Å²) >= 11 is 3.27. The van der Waals surface area contributed by atoms with Gasteiger partial charge in [-0.1, -0.05) is 34.1 Å². The van der Waals surface area contributed by atoms with Gasteiger partial charge in [0.25, 0.3) is 0 Å². The first-order valence-corrected chi connectivity index (χ1v) is 7.98. The molecule has 24 heavy (non-hydrogen) atoms. The van der Waals surface area contributed by atoms with Gasteiger partial charge in [0.05, 0.1) is 16.6 Å². The average Bonchev–Trinajstić information content (AvgIpc) is 2.94. The normalized spacial score (nSPS) is 12.5. The number of alkyl halides is 2. The van der Waals surface area contributed by atoms with Crippen LogP contribution in [-0.2, 0) is 4.74 Å². The van der Waals surface area contributed by atoms with Crippen LogP contribution in [0.4, 0.5) is 8.78 Å². The lowest BCUT2D eigenvalue weighted by Gasteiger charge is -2.15. The monoisotopic (exact) mass is 394 g/mol. The fourth-order valence-electron chi connectivity index (χ4n) is 2.45. The van der Waals surface area contributed by atoms with Crippen molar-refractivity contribution in [2.45, 2.75) is 19.6 Å². The lowest BCUT2D eigenvalue weighted by Crippen LogP contribution is -2.14. The first kappa shape index (κ1) is 16.6. The Morgan fingerprint density at radius 1 is 1.21 bits per heavy atom. The number of hydrogen-bond acceptors (Lipinski definition) is 3. The lowest BCUT2D eigenvalue weighted by atomic mass is 10.2. The van der Waals surface area contributed by atoms with Gasteiger partial charge in [-0.15, -0.1) is 0 Å². The van der Waals surface area contributed by atoms with E-state index in [0.717, 1.165) is 9.04 Å². The number of benzene rings is 2. The zero-order valence-electron chi connectivity index (χ0n) is 12.6. The first-order chi connectivity index (χ1) is 11.5. The second-order valence-corrected chi connectivity index (χ2v) is 6.08. The molecular formula is C17H13BrF2N2O2. The summed E-state index contributed by atoms with van der Waals surface area (Å²) < 4.78 is 33.7. The van der Waals surface area contributed by atoms with E-state index in [-0.39, 0.29) is 5.82 Å². The van der Waals surface area contributed by atoms with Crippen LogP contribution in [0.25, 0.3) is 11.0 Å². The van der Waals surface area contributed by atoms with Crippen LogP contribution in [0.15, 0.2) is 53.0 Å². The fraction of sp³-hybridized carbons (Fsp3) is 0.176. The van der Waals surface area contributed by atoms with Gasteiger partial charge in [-0.05, 0) is 37.3 Å². The summed E-state index contributed by atoms with van der Waals surface area (Å²) in [4.78, 5) is 16.4. The van der Waals surface area contributed by atoms with Crippen LogP contribution in [-0.4, -0.2) is 15.5 Å². The van der Waals surface area contributed by atoms with Gasteiger partial charge in [0.1, 0.15) is 0 Å². The predicted molar refractivity (Wildman–Crippen MR) is 89.0 cm³/mol. The molecule has 4 nitrogen and oxygen atoms in total. The molecule has 0 radical (unpaired) electrons. The minimum Gasteiger partial charge on any atom is -0.451 e. The molecule has 1 unspecified atom stereocenters. The lowest BCUT2D eigenvalue weighted by molar-refractivity contribution is 0.0233. The van der Waals surface area contributed by atoms with Crippen molar-refractivity contribution in [3.05, 3.63) is 64.4 Å². The molecule has 124 valence electrons. The van der Waals surface area contributed by atoms with Gasteiger partial charge >= 0.3 is 12.5 Å². The van der Waals surface area contributed by atoms with Crippen molar-refractivity contribution in [1.82, 2.24) is 9.55 Å². The highest BCUT2D eigenvalue weighted by atomic mass is 79.9. The maximum absolute atomic E-state index is 13.4. The molecule has 2 aromatic carbocycles. The summed E-state index contributed by atoms with van der Waals surface area (Å²) in [6, 6.07) is 13.2. The van der Waals surface area contributed by atoms with Crippen molar-refractivity contribution in [2.24, 2.45) is 0 Å².